The van der Waals surface area contributed by atoms with Gasteiger partial charge in [-0.2, -0.15) is 13.2 Å². The molecule has 0 unspecified atom stereocenters. The van der Waals surface area contributed by atoms with Crippen molar-refractivity contribution >= 4 is 0 Å². The number of hydrogen-bond acceptors (Lipinski definition) is 3. The van der Waals surface area contributed by atoms with Gasteiger partial charge in [0.25, 0.3) is 0 Å². The number of nitrogens with zero attached hydrogens (tertiary/aromatic N) is 1. The van der Waals surface area contributed by atoms with Crippen LogP contribution in [-0.4, -0.2) is 17.8 Å². The van der Waals surface area contributed by atoms with Gasteiger partial charge in [-0.25, -0.2) is 0 Å². The van der Waals surface area contributed by atoms with Gasteiger partial charge in [0.15, 0.2) is 0 Å². The third-order valence-electron chi connectivity index (χ3n) is 2.10. The van der Waals surface area contributed by atoms with Crippen LogP contribution in [0.4, 0.5) is 13.2 Å². The number of alkyl halides is 3. The summed E-state index contributed by atoms with van der Waals surface area (Å²) < 4.78 is 40.7. The summed E-state index contributed by atoms with van der Waals surface area (Å²) in [7, 11) is 0. The Morgan fingerprint density at radius 2 is 2.12 bits per heavy atom. The van der Waals surface area contributed by atoms with E-state index < -0.39 is 12.6 Å². The first-order chi connectivity index (χ1) is 7.88. The highest BCUT2D eigenvalue weighted by molar-refractivity contribution is 5.21. The molecule has 0 aliphatic carbocycles. The maximum absolute atomic E-state index is 11.8. The molecule has 0 spiro atoms. The zero-order valence-corrected chi connectivity index (χ0v) is 9.50. The van der Waals surface area contributed by atoms with Gasteiger partial charge >= 0.3 is 6.18 Å². The maximum atomic E-state index is 11.8. The minimum atomic E-state index is -4.12. The summed E-state index contributed by atoms with van der Waals surface area (Å²) in [5.74, 6) is 0.455. The fourth-order valence-electron chi connectivity index (χ4n) is 1.21. The van der Waals surface area contributed by atoms with E-state index in [0.717, 1.165) is 0 Å². The predicted molar refractivity (Wildman–Crippen MR) is 57.6 cm³/mol. The molecule has 1 heterocycles. The second kappa shape index (κ2) is 5.86. The lowest BCUT2D eigenvalue weighted by atomic mass is 10.2. The van der Waals surface area contributed by atoms with Crippen LogP contribution in [0.3, 0.4) is 0 Å². The molecular weight excluding hydrogens is 233 g/mol. The minimum absolute atomic E-state index is 0.0265. The molecule has 0 fully saturated rings. The average molecular weight is 248 g/mol. The lowest BCUT2D eigenvalue weighted by Crippen LogP contribution is -2.10. The Bertz CT molecular complexity index is 336. The molecule has 96 valence electrons. The van der Waals surface area contributed by atoms with E-state index in [9.17, 15) is 13.2 Å². The zero-order valence-electron chi connectivity index (χ0n) is 9.50. The summed E-state index contributed by atoms with van der Waals surface area (Å²) in [5, 5.41) is 0. The first-order valence-corrected chi connectivity index (χ1v) is 5.29. The number of rotatable bonds is 5. The molecule has 0 saturated carbocycles. The largest absolute Gasteiger partial charge is 0.492 e. The highest BCUT2D eigenvalue weighted by atomic mass is 19.4. The van der Waals surface area contributed by atoms with Crippen LogP contribution >= 0.6 is 0 Å². The van der Waals surface area contributed by atoms with E-state index in [2.05, 4.69) is 4.98 Å². The summed E-state index contributed by atoms with van der Waals surface area (Å²) in [6, 6.07) is 3.18. The van der Waals surface area contributed by atoms with Crippen molar-refractivity contribution in [2.45, 2.75) is 32.0 Å². The van der Waals surface area contributed by atoms with Gasteiger partial charge in [0.05, 0.1) is 18.5 Å². The van der Waals surface area contributed by atoms with E-state index in [0.29, 0.717) is 11.4 Å². The fourth-order valence-corrected chi connectivity index (χ4v) is 1.21. The van der Waals surface area contributed by atoms with Gasteiger partial charge < -0.3 is 10.5 Å². The molecule has 1 aromatic rings. The van der Waals surface area contributed by atoms with Crippen LogP contribution in [0, 0.1) is 0 Å². The van der Waals surface area contributed by atoms with Gasteiger partial charge in [0.1, 0.15) is 5.75 Å². The van der Waals surface area contributed by atoms with E-state index in [4.69, 9.17) is 10.5 Å². The molecule has 0 aliphatic rings. The molecule has 6 heteroatoms. The Balaban J connectivity index is 2.33. The first kappa shape index (κ1) is 13.8. The molecule has 0 aliphatic heterocycles. The molecule has 0 radical (unpaired) electrons. The Hall–Kier alpha value is -1.30. The number of pyridine rings is 1. The number of hydrogen-bond donors (Lipinski definition) is 1. The van der Waals surface area contributed by atoms with Crippen LogP contribution in [0.15, 0.2) is 18.3 Å². The van der Waals surface area contributed by atoms with Crippen molar-refractivity contribution < 1.29 is 17.9 Å². The Morgan fingerprint density at radius 3 is 2.59 bits per heavy atom. The van der Waals surface area contributed by atoms with Crippen LogP contribution in [0.25, 0.3) is 0 Å². The predicted octanol–water partition coefficient (Wildman–Crippen LogP) is 2.82. The second-order valence-electron chi connectivity index (χ2n) is 3.77. The molecule has 0 amide bonds. The average Bonchev–Trinajstić information content (AvgIpc) is 2.24. The minimum Gasteiger partial charge on any atom is -0.492 e. The molecular formula is C11H15F3N2O. The van der Waals surface area contributed by atoms with Gasteiger partial charge in [-0.1, -0.05) is 0 Å². The fraction of sp³-hybridized carbons (Fsp3) is 0.545. The van der Waals surface area contributed by atoms with Crippen molar-refractivity contribution in [1.82, 2.24) is 4.98 Å². The summed E-state index contributed by atoms with van der Waals surface area (Å²) in [4.78, 5) is 4.03. The standard InChI is InChI=1S/C11H15F3N2O/c1-8(15)10-4-3-9(7-16-10)17-6-2-5-11(12,13)14/h3-4,7-8H,2,5-6,15H2,1H3/t8-/m1/s1. The van der Waals surface area contributed by atoms with Crippen LogP contribution in [0.2, 0.25) is 0 Å². The summed E-state index contributed by atoms with van der Waals surface area (Å²) in [6.45, 7) is 1.82. The molecule has 1 rings (SSSR count). The molecule has 2 N–H and O–H groups in total. The monoisotopic (exact) mass is 248 g/mol. The van der Waals surface area contributed by atoms with Crippen LogP contribution in [-0.2, 0) is 0 Å². The number of nitrogens with two attached hydrogens (primary N) is 1. The highest BCUT2D eigenvalue weighted by Gasteiger charge is 2.26. The van der Waals surface area contributed by atoms with Crippen molar-refractivity contribution in [3.63, 3.8) is 0 Å². The van der Waals surface area contributed by atoms with Gasteiger partial charge in [-0.15, -0.1) is 0 Å². The maximum Gasteiger partial charge on any atom is 0.389 e. The van der Waals surface area contributed by atoms with Gasteiger partial charge in [0.2, 0.25) is 0 Å². The third kappa shape index (κ3) is 5.53. The highest BCUT2D eigenvalue weighted by Crippen LogP contribution is 2.21. The topological polar surface area (TPSA) is 48.1 Å². The molecule has 0 bridgehead atoms. The third-order valence-corrected chi connectivity index (χ3v) is 2.10. The summed E-state index contributed by atoms with van der Waals surface area (Å²) in [5.41, 5.74) is 6.32. The van der Waals surface area contributed by atoms with Crippen molar-refractivity contribution in [2.24, 2.45) is 5.73 Å². The lowest BCUT2D eigenvalue weighted by molar-refractivity contribution is -0.136. The number of ether oxygens (including phenoxy) is 1. The second-order valence-corrected chi connectivity index (χ2v) is 3.77. The van der Waals surface area contributed by atoms with E-state index >= 15 is 0 Å². The number of halogens is 3. The summed E-state index contributed by atoms with van der Waals surface area (Å²) in [6.07, 6.45) is -3.55. The van der Waals surface area contributed by atoms with Gasteiger partial charge in [-0.3, -0.25) is 4.98 Å². The van der Waals surface area contributed by atoms with Gasteiger partial charge in [0, 0.05) is 12.5 Å². The van der Waals surface area contributed by atoms with E-state index in [1.165, 1.54) is 6.20 Å². The molecule has 0 aromatic carbocycles. The van der Waals surface area contributed by atoms with E-state index in [-0.39, 0.29) is 19.1 Å². The van der Waals surface area contributed by atoms with Crippen LogP contribution in [0.1, 0.15) is 31.5 Å². The van der Waals surface area contributed by atoms with E-state index in [1.807, 2.05) is 0 Å². The van der Waals surface area contributed by atoms with Crippen LogP contribution in [0.5, 0.6) is 5.75 Å². The Kier molecular flexibility index (Phi) is 4.74. The SMILES string of the molecule is C[C@@H](N)c1ccc(OCCCC(F)(F)F)cn1. The molecule has 3 nitrogen and oxygen atoms in total. The molecule has 0 saturated heterocycles. The van der Waals surface area contributed by atoms with Crippen molar-refractivity contribution in [1.29, 1.82) is 0 Å². The Labute approximate surface area is 97.8 Å². The smallest absolute Gasteiger partial charge is 0.389 e. The van der Waals surface area contributed by atoms with Crippen molar-refractivity contribution in [2.75, 3.05) is 6.61 Å². The molecule has 1 aromatic heterocycles. The normalized spacial score (nSPS) is 13.5. The van der Waals surface area contributed by atoms with Crippen LogP contribution < -0.4 is 10.5 Å². The zero-order chi connectivity index (χ0) is 12.9. The first-order valence-electron chi connectivity index (χ1n) is 5.29. The van der Waals surface area contributed by atoms with Gasteiger partial charge in [-0.05, 0) is 25.5 Å². The quantitative estimate of drug-likeness (QED) is 0.815. The van der Waals surface area contributed by atoms with Crippen molar-refractivity contribution in [3.05, 3.63) is 24.0 Å². The van der Waals surface area contributed by atoms with Crippen molar-refractivity contribution in [3.8, 4) is 5.75 Å². The lowest BCUT2D eigenvalue weighted by Gasteiger charge is -2.09. The number of aromatic nitrogens is 1. The molecule has 1 atom stereocenters. The Morgan fingerprint density at radius 1 is 1.41 bits per heavy atom. The summed E-state index contributed by atoms with van der Waals surface area (Å²) >= 11 is 0. The van der Waals surface area contributed by atoms with E-state index in [1.54, 1.807) is 19.1 Å². The molecule has 17 heavy (non-hydrogen) atoms.